The van der Waals surface area contributed by atoms with E-state index < -0.39 is 15.4 Å². The maximum Gasteiger partial charge on any atom is 0.283 e. The molecule has 0 atom stereocenters. The van der Waals surface area contributed by atoms with Crippen molar-refractivity contribution >= 4 is 55.2 Å². The molecule has 3 aromatic rings. The van der Waals surface area contributed by atoms with Crippen molar-refractivity contribution in [2.45, 2.75) is 25.9 Å². The maximum atomic E-state index is 12.6. The van der Waals surface area contributed by atoms with Gasteiger partial charge in [-0.1, -0.05) is 18.6 Å². The lowest BCUT2D eigenvalue weighted by Crippen LogP contribution is -2.19. The van der Waals surface area contributed by atoms with E-state index in [0.717, 1.165) is 39.6 Å². The van der Waals surface area contributed by atoms with Crippen molar-refractivity contribution in [1.29, 1.82) is 0 Å². The third-order valence-electron chi connectivity index (χ3n) is 4.60. The van der Waals surface area contributed by atoms with Gasteiger partial charge in [0.15, 0.2) is 0 Å². The normalized spacial score (nSPS) is 15.2. The molecule has 0 bridgehead atoms. The predicted octanol–water partition coefficient (Wildman–Crippen LogP) is 2.48. The number of hydrogen-bond acceptors (Lipinski definition) is 8. The van der Waals surface area contributed by atoms with Gasteiger partial charge in [-0.25, -0.2) is 12.8 Å². The lowest BCUT2D eigenvalue weighted by atomic mass is 9.99. The highest BCUT2D eigenvalue weighted by molar-refractivity contribution is 7.91. The first-order valence-corrected chi connectivity index (χ1v) is 10.9. The van der Waals surface area contributed by atoms with E-state index in [2.05, 4.69) is 14.3 Å². The summed E-state index contributed by atoms with van der Waals surface area (Å²) in [6, 6.07) is 5.87. The quantitative estimate of drug-likeness (QED) is 0.702. The Morgan fingerprint density at radius 3 is 2.75 bits per heavy atom. The van der Waals surface area contributed by atoms with Crippen molar-refractivity contribution < 1.29 is 8.42 Å². The van der Waals surface area contributed by atoms with Crippen LogP contribution in [0.3, 0.4) is 0 Å². The van der Waals surface area contributed by atoms with Crippen LogP contribution in [0.2, 0.25) is 0 Å². The number of nitrogens with two attached hydrogens (primary N) is 1. The Morgan fingerprint density at radius 1 is 1.29 bits per heavy atom. The predicted molar refractivity (Wildman–Crippen MR) is 111 cm³/mol. The van der Waals surface area contributed by atoms with Crippen LogP contribution < -0.4 is 11.3 Å². The molecule has 0 aliphatic carbocycles. The second-order valence-electron chi connectivity index (χ2n) is 6.48. The minimum atomic E-state index is -3.63. The molecule has 28 heavy (non-hydrogen) atoms. The number of aromatic nitrogens is 3. The highest BCUT2D eigenvalue weighted by Crippen LogP contribution is 2.36. The van der Waals surface area contributed by atoms with Crippen LogP contribution in [0.25, 0.3) is 16.6 Å². The van der Waals surface area contributed by atoms with Gasteiger partial charge < -0.3 is 5.73 Å². The van der Waals surface area contributed by atoms with Gasteiger partial charge in [-0.3, -0.25) is 9.79 Å². The Bertz CT molecular complexity index is 1360. The Labute approximate surface area is 165 Å². The summed E-state index contributed by atoms with van der Waals surface area (Å²) in [6.07, 6.45) is 1.63. The summed E-state index contributed by atoms with van der Waals surface area (Å²) in [5.74, 6) is -0.135. The molecule has 8 nitrogen and oxygen atoms in total. The van der Waals surface area contributed by atoms with Gasteiger partial charge in [-0.15, -0.1) is 0 Å². The van der Waals surface area contributed by atoms with E-state index >= 15 is 0 Å². The monoisotopic (exact) mass is 415 g/mol. The fraction of sp³-hybridized carbons (Fsp3) is 0.222. The molecule has 1 aliphatic rings. The van der Waals surface area contributed by atoms with Crippen molar-refractivity contribution in [2.24, 2.45) is 4.99 Å². The van der Waals surface area contributed by atoms with Crippen molar-refractivity contribution in [3.63, 3.8) is 0 Å². The first-order chi connectivity index (χ1) is 13.2. The molecular weight excluding hydrogens is 398 g/mol. The second kappa shape index (κ2) is 6.35. The van der Waals surface area contributed by atoms with Crippen LogP contribution in [0.5, 0.6) is 0 Å². The number of benzene rings is 1. The average molecular weight is 416 g/mol. The number of aryl methyl sites for hydroxylation is 1. The minimum absolute atomic E-state index is 0.00261. The van der Waals surface area contributed by atoms with Crippen LogP contribution in [0.15, 0.2) is 33.1 Å². The van der Waals surface area contributed by atoms with Crippen LogP contribution >= 0.6 is 11.5 Å². The highest BCUT2D eigenvalue weighted by Gasteiger charge is 2.25. The topological polar surface area (TPSA) is 120 Å². The Kier molecular flexibility index (Phi) is 4.20. The molecule has 0 unspecified atom stereocenters. The number of aliphatic imine (C=N–C) groups is 1. The fourth-order valence-electron chi connectivity index (χ4n) is 3.08. The fourth-order valence-corrected chi connectivity index (χ4v) is 5.06. The lowest BCUT2D eigenvalue weighted by molar-refractivity contribution is 0.588. The number of rotatable bonds is 3. The largest absolute Gasteiger partial charge is 0.384 e. The van der Waals surface area contributed by atoms with Crippen molar-refractivity contribution in [3.8, 4) is 0 Å². The molecule has 1 aliphatic heterocycles. The summed E-state index contributed by atoms with van der Waals surface area (Å²) in [6.45, 7) is 5.34. The molecule has 10 heteroatoms. The van der Waals surface area contributed by atoms with Gasteiger partial charge >= 0.3 is 0 Å². The molecule has 2 aromatic heterocycles. The first kappa shape index (κ1) is 18.5. The third kappa shape index (κ3) is 2.76. The number of nitrogens with zero attached hydrogens (tertiary/aromatic N) is 4. The third-order valence-corrected chi connectivity index (χ3v) is 7.01. The van der Waals surface area contributed by atoms with E-state index in [-0.39, 0.29) is 27.3 Å². The molecule has 1 aromatic carbocycles. The molecule has 0 fully saturated rings. The summed E-state index contributed by atoms with van der Waals surface area (Å²) < 4.78 is 29.9. The number of sulfone groups is 1. The van der Waals surface area contributed by atoms with Gasteiger partial charge in [-0.2, -0.15) is 9.36 Å². The minimum Gasteiger partial charge on any atom is -0.384 e. The van der Waals surface area contributed by atoms with Crippen LogP contribution in [0, 0.1) is 6.92 Å². The maximum absolute atomic E-state index is 12.6. The smallest absolute Gasteiger partial charge is 0.283 e. The molecular formula is C18H17N5O3S2. The summed E-state index contributed by atoms with van der Waals surface area (Å²) in [5.41, 5.74) is 10.1. The molecule has 0 saturated heterocycles. The summed E-state index contributed by atoms with van der Waals surface area (Å²) >= 11 is 0.825. The van der Waals surface area contributed by atoms with Crippen LogP contribution in [-0.4, -0.2) is 33.6 Å². The summed E-state index contributed by atoms with van der Waals surface area (Å²) in [5, 5.41) is -0.201. The first-order valence-electron chi connectivity index (χ1n) is 8.52. The van der Waals surface area contributed by atoms with E-state index in [1.54, 1.807) is 6.08 Å². The highest BCUT2D eigenvalue weighted by atomic mass is 32.2. The van der Waals surface area contributed by atoms with Gasteiger partial charge in [0, 0.05) is 28.4 Å². The lowest BCUT2D eigenvalue weighted by Gasteiger charge is -2.08. The van der Waals surface area contributed by atoms with E-state index in [0.29, 0.717) is 0 Å². The summed E-state index contributed by atoms with van der Waals surface area (Å²) in [4.78, 5) is 21.2. The van der Waals surface area contributed by atoms with Gasteiger partial charge in [0.25, 0.3) is 5.56 Å². The van der Waals surface area contributed by atoms with E-state index in [1.807, 2.05) is 32.0 Å². The zero-order chi connectivity index (χ0) is 20.2. The van der Waals surface area contributed by atoms with Crippen molar-refractivity contribution in [3.05, 3.63) is 45.2 Å². The van der Waals surface area contributed by atoms with Crippen LogP contribution in [-0.2, 0) is 9.84 Å². The Hall–Kier alpha value is -2.85. The number of anilines is 1. The number of allylic oxidation sites excluding steroid dienone is 1. The number of nitrogen functional groups attached to an aromatic ring is 1. The number of hydrogen-bond donors (Lipinski definition) is 1. The van der Waals surface area contributed by atoms with Crippen LogP contribution in [0.1, 0.15) is 30.5 Å². The van der Waals surface area contributed by atoms with Gasteiger partial charge in [0.1, 0.15) is 5.82 Å². The summed E-state index contributed by atoms with van der Waals surface area (Å²) in [7, 11) is -3.63. The molecule has 0 radical (unpaired) electrons. The number of fused-ring (bicyclic) bond motifs is 2. The Balaban J connectivity index is 2.00. The zero-order valence-corrected chi connectivity index (χ0v) is 17.1. The molecule has 2 N–H and O–H groups in total. The zero-order valence-electron chi connectivity index (χ0n) is 15.4. The van der Waals surface area contributed by atoms with Gasteiger partial charge in [-0.05, 0) is 32.1 Å². The second-order valence-corrected chi connectivity index (χ2v) is 9.38. The average Bonchev–Trinajstić information content (AvgIpc) is 3.20. The molecule has 0 spiro atoms. The Morgan fingerprint density at radius 2 is 2.04 bits per heavy atom. The van der Waals surface area contributed by atoms with Crippen molar-refractivity contribution in [2.75, 3.05) is 11.5 Å². The SMILES string of the molecule is CCS(=O)(=O)c1nsc2nc(=O)c(C=C3C(C)=Nc4ccc(C)cc43)c(N)n12. The molecule has 3 heterocycles. The van der Waals surface area contributed by atoms with E-state index in [9.17, 15) is 13.2 Å². The van der Waals surface area contributed by atoms with E-state index in [1.165, 1.54) is 11.3 Å². The molecule has 0 saturated carbocycles. The van der Waals surface area contributed by atoms with Crippen molar-refractivity contribution in [1.82, 2.24) is 13.8 Å². The van der Waals surface area contributed by atoms with E-state index in [4.69, 9.17) is 5.73 Å². The van der Waals surface area contributed by atoms with Gasteiger partial charge in [0.2, 0.25) is 20.0 Å². The van der Waals surface area contributed by atoms with Crippen LogP contribution in [0.4, 0.5) is 11.5 Å². The van der Waals surface area contributed by atoms with Gasteiger partial charge in [0.05, 0.1) is 17.0 Å². The molecule has 4 rings (SSSR count). The molecule has 144 valence electrons. The molecule has 0 amide bonds. The standard InChI is InChI=1S/C18H17N5O3S2/c1-4-28(25,26)18-22-27-17-21-16(24)13(15(19)23(17)18)8-11-10(3)20-14-6-5-9(2)7-12(11)14/h5-8H,4,19H2,1-3H3.